The van der Waals surface area contributed by atoms with E-state index < -0.39 is 20.9 Å². The van der Waals surface area contributed by atoms with Crippen molar-refractivity contribution in [2.24, 2.45) is 0 Å². The minimum Gasteiger partial charge on any atom is -0.467 e. The summed E-state index contributed by atoms with van der Waals surface area (Å²) in [6.45, 7) is 2.70. The summed E-state index contributed by atoms with van der Waals surface area (Å²) in [7, 11) is -3.76. The highest BCUT2D eigenvalue weighted by atomic mass is 35.5. The molecule has 0 saturated heterocycles. The Morgan fingerprint density at radius 3 is 2.46 bits per heavy atom. The maximum absolute atomic E-state index is 13.4. The quantitative estimate of drug-likeness (QED) is 0.336. The number of aromatic nitrogens is 2. The number of nitrogens with zero attached hydrogens (tertiary/aromatic N) is 3. The van der Waals surface area contributed by atoms with Crippen molar-refractivity contribution in [3.05, 3.63) is 101 Å². The van der Waals surface area contributed by atoms with Gasteiger partial charge in [0.05, 0.1) is 35.4 Å². The summed E-state index contributed by atoms with van der Waals surface area (Å²) in [5.74, 6) is 0.0375. The lowest BCUT2D eigenvalue weighted by Gasteiger charge is -2.25. The number of amides is 1. The summed E-state index contributed by atoms with van der Waals surface area (Å²) in [5, 5.41) is 2.62. The molecule has 1 N–H and O–H groups in total. The zero-order valence-corrected chi connectivity index (χ0v) is 20.7. The standard InChI is InChI=1S/C25H23ClN4O4S/c1-17-9-11-18(12-10-17)15-30(16-19-6-5-13-34-19)22-14-27-25(35(2,32)33)29-23(22)24(31)28-21-8-4-3-7-20(21)26/h3-14H,15-16H2,1-2H3,(H,28,31). The Morgan fingerprint density at radius 2 is 1.80 bits per heavy atom. The Labute approximate surface area is 208 Å². The molecule has 10 heteroatoms. The van der Waals surface area contributed by atoms with Gasteiger partial charge in [-0.05, 0) is 36.8 Å². The lowest BCUT2D eigenvalue weighted by atomic mass is 10.1. The molecule has 2 aromatic heterocycles. The molecule has 4 rings (SSSR count). The molecule has 180 valence electrons. The number of halogens is 1. The second kappa shape index (κ2) is 10.3. The number of carbonyl (C=O) groups excluding carboxylic acids is 1. The third-order valence-corrected chi connectivity index (χ3v) is 6.37. The van der Waals surface area contributed by atoms with E-state index in [-0.39, 0.29) is 5.69 Å². The normalized spacial score (nSPS) is 11.3. The Hall–Kier alpha value is -3.69. The Bertz CT molecular complexity index is 1440. The van der Waals surface area contributed by atoms with Gasteiger partial charge in [0.2, 0.25) is 15.0 Å². The molecule has 0 unspecified atom stereocenters. The van der Waals surface area contributed by atoms with Crippen molar-refractivity contribution in [2.45, 2.75) is 25.2 Å². The molecule has 35 heavy (non-hydrogen) atoms. The van der Waals surface area contributed by atoms with E-state index in [2.05, 4.69) is 15.3 Å². The maximum Gasteiger partial charge on any atom is 0.276 e. The highest BCUT2D eigenvalue weighted by Gasteiger charge is 2.24. The summed E-state index contributed by atoms with van der Waals surface area (Å²) >= 11 is 6.21. The van der Waals surface area contributed by atoms with Crippen LogP contribution in [0, 0.1) is 6.92 Å². The van der Waals surface area contributed by atoms with Crippen LogP contribution in [0.15, 0.2) is 82.7 Å². The number of nitrogens with one attached hydrogen (secondary N) is 1. The van der Waals surface area contributed by atoms with Gasteiger partial charge in [0, 0.05) is 12.8 Å². The molecule has 0 atom stereocenters. The molecule has 0 aliphatic heterocycles. The lowest BCUT2D eigenvalue weighted by Crippen LogP contribution is -2.27. The van der Waals surface area contributed by atoms with Crippen molar-refractivity contribution in [1.82, 2.24) is 9.97 Å². The molecule has 2 aromatic carbocycles. The Morgan fingerprint density at radius 1 is 1.06 bits per heavy atom. The third-order valence-electron chi connectivity index (χ3n) is 5.18. The summed E-state index contributed by atoms with van der Waals surface area (Å²) < 4.78 is 29.9. The summed E-state index contributed by atoms with van der Waals surface area (Å²) in [6.07, 6.45) is 3.90. The highest BCUT2D eigenvalue weighted by molar-refractivity contribution is 7.90. The first-order valence-electron chi connectivity index (χ1n) is 10.7. The molecule has 0 saturated carbocycles. The van der Waals surface area contributed by atoms with Crippen LogP contribution in [-0.2, 0) is 22.9 Å². The number of carbonyl (C=O) groups is 1. The number of rotatable bonds is 8. The molecule has 2 heterocycles. The molecular weight excluding hydrogens is 488 g/mol. The fourth-order valence-corrected chi connectivity index (χ4v) is 4.10. The number of anilines is 2. The van der Waals surface area contributed by atoms with Gasteiger partial charge < -0.3 is 14.6 Å². The number of para-hydroxylation sites is 1. The predicted molar refractivity (Wildman–Crippen MR) is 134 cm³/mol. The Kier molecular flexibility index (Phi) is 7.18. The van der Waals surface area contributed by atoms with Gasteiger partial charge in [-0.25, -0.2) is 18.4 Å². The average molecular weight is 511 g/mol. The van der Waals surface area contributed by atoms with E-state index in [0.29, 0.717) is 35.2 Å². The summed E-state index contributed by atoms with van der Waals surface area (Å²) in [4.78, 5) is 23.4. The molecule has 4 aromatic rings. The van der Waals surface area contributed by atoms with Gasteiger partial charge in [-0.3, -0.25) is 4.79 Å². The van der Waals surface area contributed by atoms with Crippen molar-refractivity contribution < 1.29 is 17.6 Å². The van der Waals surface area contributed by atoms with Gasteiger partial charge in [0.25, 0.3) is 5.91 Å². The number of furan rings is 1. The molecule has 0 fully saturated rings. The largest absolute Gasteiger partial charge is 0.467 e. The van der Waals surface area contributed by atoms with Crippen LogP contribution in [0.25, 0.3) is 0 Å². The average Bonchev–Trinajstić information content (AvgIpc) is 3.34. The first kappa shape index (κ1) is 24.4. The number of aryl methyl sites for hydroxylation is 1. The van der Waals surface area contributed by atoms with Crippen LogP contribution in [0.4, 0.5) is 11.4 Å². The molecular formula is C25H23ClN4O4S. The van der Waals surface area contributed by atoms with Crippen LogP contribution in [0.1, 0.15) is 27.4 Å². The van der Waals surface area contributed by atoms with Crippen LogP contribution >= 0.6 is 11.6 Å². The fourth-order valence-electron chi connectivity index (χ4n) is 3.41. The monoisotopic (exact) mass is 510 g/mol. The fraction of sp³-hybridized carbons (Fsp3) is 0.160. The molecule has 0 spiro atoms. The molecule has 0 bridgehead atoms. The van der Waals surface area contributed by atoms with Crippen LogP contribution < -0.4 is 10.2 Å². The SMILES string of the molecule is Cc1ccc(CN(Cc2ccco2)c2cnc(S(C)(=O)=O)nc2C(=O)Nc2ccccc2Cl)cc1. The van der Waals surface area contributed by atoms with Gasteiger partial charge in [-0.15, -0.1) is 0 Å². The number of benzene rings is 2. The zero-order chi connectivity index (χ0) is 25.0. The lowest BCUT2D eigenvalue weighted by molar-refractivity contribution is 0.102. The van der Waals surface area contributed by atoms with Crippen molar-refractivity contribution in [3.8, 4) is 0 Å². The Balaban J connectivity index is 1.79. The minimum absolute atomic E-state index is 0.0981. The van der Waals surface area contributed by atoms with Gasteiger partial charge >= 0.3 is 0 Å². The van der Waals surface area contributed by atoms with Gasteiger partial charge in [0.15, 0.2) is 5.69 Å². The molecule has 0 radical (unpaired) electrons. The van der Waals surface area contributed by atoms with Crippen LogP contribution in [-0.4, -0.2) is 30.5 Å². The van der Waals surface area contributed by atoms with Crippen molar-refractivity contribution in [2.75, 3.05) is 16.5 Å². The first-order valence-corrected chi connectivity index (χ1v) is 12.9. The van der Waals surface area contributed by atoms with E-state index in [9.17, 15) is 13.2 Å². The van der Waals surface area contributed by atoms with E-state index >= 15 is 0 Å². The minimum atomic E-state index is -3.76. The zero-order valence-electron chi connectivity index (χ0n) is 19.1. The highest BCUT2D eigenvalue weighted by Crippen LogP contribution is 2.27. The number of sulfone groups is 1. The van der Waals surface area contributed by atoms with Gasteiger partial charge in [0.1, 0.15) is 5.76 Å². The molecule has 0 aliphatic carbocycles. The molecule has 0 aliphatic rings. The summed E-state index contributed by atoms with van der Waals surface area (Å²) in [6, 6.07) is 18.3. The van der Waals surface area contributed by atoms with Crippen LogP contribution in [0.3, 0.4) is 0 Å². The van der Waals surface area contributed by atoms with Crippen molar-refractivity contribution in [3.63, 3.8) is 0 Å². The van der Waals surface area contributed by atoms with Gasteiger partial charge in [-0.2, -0.15) is 0 Å². The van der Waals surface area contributed by atoms with Crippen molar-refractivity contribution in [1.29, 1.82) is 0 Å². The third kappa shape index (κ3) is 6.06. The molecule has 1 amide bonds. The van der Waals surface area contributed by atoms with E-state index in [1.54, 1.807) is 36.6 Å². The van der Waals surface area contributed by atoms with E-state index in [1.165, 1.54) is 6.20 Å². The first-order chi connectivity index (χ1) is 16.7. The predicted octanol–water partition coefficient (Wildman–Crippen LogP) is 4.89. The van der Waals surface area contributed by atoms with Gasteiger partial charge in [-0.1, -0.05) is 53.6 Å². The number of hydrogen-bond donors (Lipinski definition) is 1. The van der Waals surface area contributed by atoms with E-state index in [0.717, 1.165) is 17.4 Å². The second-order valence-electron chi connectivity index (χ2n) is 8.01. The second-order valence-corrected chi connectivity index (χ2v) is 10.3. The topological polar surface area (TPSA) is 105 Å². The van der Waals surface area contributed by atoms with Crippen LogP contribution in [0.2, 0.25) is 5.02 Å². The maximum atomic E-state index is 13.4. The smallest absolute Gasteiger partial charge is 0.276 e. The van der Waals surface area contributed by atoms with E-state index in [1.807, 2.05) is 42.2 Å². The summed E-state index contributed by atoms with van der Waals surface area (Å²) in [5.41, 5.74) is 2.72. The van der Waals surface area contributed by atoms with Crippen LogP contribution in [0.5, 0.6) is 0 Å². The van der Waals surface area contributed by atoms with E-state index in [4.69, 9.17) is 16.0 Å². The van der Waals surface area contributed by atoms with Crippen molar-refractivity contribution >= 4 is 38.7 Å². The number of hydrogen-bond acceptors (Lipinski definition) is 7. The molecule has 8 nitrogen and oxygen atoms in total.